The fraction of sp³-hybridized carbons (Fsp3) is 1.00. The van der Waals surface area contributed by atoms with Crippen molar-refractivity contribution in [1.29, 1.82) is 0 Å². The standard InChI is InChI=1S/C9H18N2O2S/c1-11(14(10,12)13)6-9-5-7-2-3-8(9)4-7/h7-9H,2-6H2,1H3,(H2,10,12,13). The maximum Gasteiger partial charge on any atom is 0.276 e. The second-order valence-electron chi connectivity index (χ2n) is 4.76. The van der Waals surface area contributed by atoms with Crippen LogP contribution in [0, 0.1) is 17.8 Å². The van der Waals surface area contributed by atoms with Gasteiger partial charge in [-0.05, 0) is 37.0 Å². The first kappa shape index (κ1) is 10.4. The molecule has 0 spiro atoms. The van der Waals surface area contributed by atoms with Crippen molar-refractivity contribution in [2.24, 2.45) is 22.9 Å². The summed E-state index contributed by atoms with van der Waals surface area (Å²) in [6.07, 6.45) is 5.14. The van der Waals surface area contributed by atoms with E-state index in [-0.39, 0.29) is 0 Å². The van der Waals surface area contributed by atoms with Crippen LogP contribution < -0.4 is 5.14 Å². The Kier molecular flexibility index (Phi) is 2.57. The summed E-state index contributed by atoms with van der Waals surface area (Å²) >= 11 is 0. The lowest BCUT2D eigenvalue weighted by atomic mass is 9.89. The van der Waals surface area contributed by atoms with Gasteiger partial charge in [0, 0.05) is 13.6 Å². The number of hydrogen-bond donors (Lipinski definition) is 1. The van der Waals surface area contributed by atoms with Crippen LogP contribution in [0.3, 0.4) is 0 Å². The van der Waals surface area contributed by atoms with Gasteiger partial charge in [0.1, 0.15) is 0 Å². The molecule has 0 aliphatic heterocycles. The van der Waals surface area contributed by atoms with Gasteiger partial charge >= 0.3 is 0 Å². The average Bonchev–Trinajstić information content (AvgIpc) is 2.62. The van der Waals surface area contributed by atoms with Gasteiger partial charge in [-0.1, -0.05) is 6.42 Å². The lowest BCUT2D eigenvalue weighted by Gasteiger charge is -2.25. The molecule has 2 aliphatic rings. The van der Waals surface area contributed by atoms with Crippen molar-refractivity contribution in [3.05, 3.63) is 0 Å². The SMILES string of the molecule is CN(CC1CC2CCC1C2)S(N)(=O)=O. The molecule has 5 heteroatoms. The van der Waals surface area contributed by atoms with Crippen LogP contribution in [0.5, 0.6) is 0 Å². The molecule has 2 N–H and O–H groups in total. The topological polar surface area (TPSA) is 63.4 Å². The third-order valence-electron chi connectivity index (χ3n) is 3.81. The fourth-order valence-electron chi connectivity index (χ4n) is 3.03. The van der Waals surface area contributed by atoms with Crippen molar-refractivity contribution in [1.82, 2.24) is 4.31 Å². The van der Waals surface area contributed by atoms with Gasteiger partial charge in [0.2, 0.25) is 0 Å². The maximum atomic E-state index is 11.0. The normalized spacial score (nSPS) is 36.9. The Hall–Kier alpha value is -0.130. The summed E-state index contributed by atoms with van der Waals surface area (Å²) in [6, 6.07) is 0. The molecule has 3 atom stereocenters. The largest absolute Gasteiger partial charge is 0.276 e. The van der Waals surface area contributed by atoms with Crippen LogP contribution in [0.4, 0.5) is 0 Å². The predicted octanol–water partition coefficient (Wildman–Crippen LogP) is 0.558. The molecule has 2 bridgehead atoms. The quantitative estimate of drug-likeness (QED) is 0.752. The Labute approximate surface area is 85.6 Å². The highest BCUT2D eigenvalue weighted by molar-refractivity contribution is 7.86. The first-order valence-electron chi connectivity index (χ1n) is 5.21. The van der Waals surface area contributed by atoms with Crippen molar-refractivity contribution in [3.8, 4) is 0 Å². The Morgan fingerprint density at radius 2 is 2.07 bits per heavy atom. The van der Waals surface area contributed by atoms with E-state index in [1.807, 2.05) is 0 Å². The zero-order valence-electron chi connectivity index (χ0n) is 8.52. The molecule has 0 saturated heterocycles. The summed E-state index contributed by atoms with van der Waals surface area (Å²) in [6.45, 7) is 0.611. The third kappa shape index (κ3) is 1.94. The summed E-state index contributed by atoms with van der Waals surface area (Å²) in [4.78, 5) is 0. The summed E-state index contributed by atoms with van der Waals surface area (Å²) < 4.78 is 23.3. The zero-order chi connectivity index (χ0) is 10.3. The highest BCUT2D eigenvalue weighted by Gasteiger charge is 2.40. The van der Waals surface area contributed by atoms with Crippen LogP contribution in [-0.2, 0) is 10.2 Å². The molecule has 2 aliphatic carbocycles. The van der Waals surface area contributed by atoms with E-state index in [2.05, 4.69) is 0 Å². The molecule has 4 nitrogen and oxygen atoms in total. The first-order chi connectivity index (χ1) is 6.47. The van der Waals surface area contributed by atoms with Crippen molar-refractivity contribution in [2.75, 3.05) is 13.6 Å². The van der Waals surface area contributed by atoms with Gasteiger partial charge in [0.05, 0.1) is 0 Å². The van der Waals surface area contributed by atoms with Crippen LogP contribution in [0.15, 0.2) is 0 Å². The van der Waals surface area contributed by atoms with E-state index in [0.717, 1.165) is 11.8 Å². The monoisotopic (exact) mass is 218 g/mol. The molecule has 2 rings (SSSR count). The molecule has 0 aromatic heterocycles. The number of rotatable bonds is 3. The molecular weight excluding hydrogens is 200 g/mol. The number of fused-ring (bicyclic) bond motifs is 2. The predicted molar refractivity (Wildman–Crippen MR) is 54.7 cm³/mol. The Morgan fingerprint density at radius 1 is 1.36 bits per heavy atom. The molecule has 0 radical (unpaired) electrons. The highest BCUT2D eigenvalue weighted by atomic mass is 32.2. The van der Waals surface area contributed by atoms with Crippen molar-refractivity contribution in [3.63, 3.8) is 0 Å². The van der Waals surface area contributed by atoms with Gasteiger partial charge in [-0.25, -0.2) is 5.14 Å². The highest BCUT2D eigenvalue weighted by Crippen LogP contribution is 2.48. The minimum Gasteiger partial charge on any atom is -0.216 e. The van der Waals surface area contributed by atoms with E-state index >= 15 is 0 Å². The van der Waals surface area contributed by atoms with Crippen molar-refractivity contribution >= 4 is 10.2 Å². The maximum absolute atomic E-state index is 11.0. The van der Waals surface area contributed by atoms with E-state index in [0.29, 0.717) is 12.5 Å². The number of nitrogens with zero attached hydrogens (tertiary/aromatic N) is 1. The van der Waals surface area contributed by atoms with Gasteiger partial charge in [-0.2, -0.15) is 12.7 Å². The van der Waals surface area contributed by atoms with Crippen LogP contribution in [-0.4, -0.2) is 26.3 Å². The molecule has 82 valence electrons. The van der Waals surface area contributed by atoms with E-state index in [4.69, 9.17) is 5.14 Å². The summed E-state index contributed by atoms with van der Waals surface area (Å²) in [5.74, 6) is 2.17. The van der Waals surface area contributed by atoms with E-state index < -0.39 is 10.2 Å². The zero-order valence-corrected chi connectivity index (χ0v) is 9.33. The van der Waals surface area contributed by atoms with Crippen molar-refractivity contribution in [2.45, 2.75) is 25.7 Å². The smallest absolute Gasteiger partial charge is 0.216 e. The molecule has 14 heavy (non-hydrogen) atoms. The molecule has 0 amide bonds. The molecule has 0 aromatic rings. The summed E-state index contributed by atoms with van der Waals surface area (Å²) in [7, 11) is -1.90. The average molecular weight is 218 g/mol. The van der Waals surface area contributed by atoms with E-state index in [1.165, 1.54) is 30.0 Å². The Morgan fingerprint density at radius 3 is 2.50 bits per heavy atom. The second kappa shape index (κ2) is 3.47. The lowest BCUT2D eigenvalue weighted by molar-refractivity contribution is 0.280. The Balaban J connectivity index is 1.93. The molecule has 0 heterocycles. The van der Waals surface area contributed by atoms with Crippen LogP contribution in [0.25, 0.3) is 0 Å². The molecule has 3 unspecified atom stereocenters. The third-order valence-corrected chi connectivity index (χ3v) is 4.83. The summed E-state index contributed by atoms with van der Waals surface area (Å²) in [5.41, 5.74) is 0. The van der Waals surface area contributed by atoms with Crippen LogP contribution in [0.1, 0.15) is 25.7 Å². The lowest BCUT2D eigenvalue weighted by Crippen LogP contribution is -2.38. The molecular formula is C9H18N2O2S. The van der Waals surface area contributed by atoms with Gasteiger partial charge < -0.3 is 0 Å². The first-order valence-corrected chi connectivity index (χ1v) is 6.71. The Bertz CT molecular complexity index is 315. The number of hydrogen-bond acceptors (Lipinski definition) is 2. The molecule has 2 fully saturated rings. The van der Waals surface area contributed by atoms with E-state index in [1.54, 1.807) is 7.05 Å². The van der Waals surface area contributed by atoms with E-state index in [9.17, 15) is 8.42 Å². The minimum absolute atomic E-state index is 0.553. The second-order valence-corrected chi connectivity index (χ2v) is 6.41. The van der Waals surface area contributed by atoms with Crippen LogP contribution in [0.2, 0.25) is 0 Å². The minimum atomic E-state index is -3.47. The summed E-state index contributed by atoms with van der Waals surface area (Å²) in [5, 5.41) is 5.05. The van der Waals surface area contributed by atoms with Crippen LogP contribution >= 0.6 is 0 Å². The van der Waals surface area contributed by atoms with Crippen molar-refractivity contribution < 1.29 is 8.42 Å². The fourth-order valence-corrected chi connectivity index (χ4v) is 3.43. The van der Waals surface area contributed by atoms with Gasteiger partial charge in [-0.3, -0.25) is 0 Å². The van der Waals surface area contributed by atoms with Gasteiger partial charge in [0.15, 0.2) is 0 Å². The molecule has 2 saturated carbocycles. The van der Waals surface area contributed by atoms with Gasteiger partial charge in [0.25, 0.3) is 10.2 Å². The van der Waals surface area contributed by atoms with Gasteiger partial charge in [-0.15, -0.1) is 0 Å². The number of nitrogens with two attached hydrogens (primary N) is 1. The molecule has 0 aromatic carbocycles.